The molecular weight excluding hydrogens is 281 g/mol. The zero-order chi connectivity index (χ0) is 14.8. The molecule has 112 valence electrons. The minimum Gasteiger partial charge on any atom is -0.326 e. The van der Waals surface area contributed by atoms with E-state index in [1.807, 2.05) is 7.05 Å². The monoisotopic (exact) mass is 301 g/mol. The van der Waals surface area contributed by atoms with Crippen LogP contribution < -0.4 is 5.73 Å². The first-order chi connectivity index (χ1) is 9.45. The van der Waals surface area contributed by atoms with Gasteiger partial charge in [0.05, 0.1) is 0 Å². The third kappa shape index (κ3) is 3.17. The van der Waals surface area contributed by atoms with Crippen LogP contribution in [-0.2, 0) is 16.6 Å². The molecule has 0 aliphatic carbocycles. The summed E-state index contributed by atoms with van der Waals surface area (Å²) >= 11 is 0. The van der Waals surface area contributed by atoms with Gasteiger partial charge in [0, 0.05) is 26.2 Å². The first kappa shape index (κ1) is 15.4. The lowest BCUT2D eigenvalue weighted by molar-refractivity contribution is 0.347. The summed E-state index contributed by atoms with van der Waals surface area (Å²) in [6.45, 7) is 2.48. The highest BCUT2D eigenvalue weighted by atomic mass is 32.2. The van der Waals surface area contributed by atoms with Gasteiger partial charge in [-0.3, -0.25) is 0 Å². The van der Waals surface area contributed by atoms with Crippen molar-refractivity contribution in [2.24, 2.45) is 5.73 Å². The SMILES string of the molecule is CN1CCCN(S(=O)(=O)c2cc(CN)ccc2F)CC1. The van der Waals surface area contributed by atoms with Crippen molar-refractivity contribution < 1.29 is 12.8 Å². The van der Waals surface area contributed by atoms with E-state index in [1.54, 1.807) is 0 Å². The summed E-state index contributed by atoms with van der Waals surface area (Å²) in [5, 5.41) is 0. The molecule has 1 aromatic rings. The number of halogens is 1. The third-order valence-corrected chi connectivity index (χ3v) is 5.44. The molecule has 0 amide bonds. The number of hydrogen-bond donors (Lipinski definition) is 1. The molecule has 7 heteroatoms. The maximum atomic E-state index is 13.9. The summed E-state index contributed by atoms with van der Waals surface area (Å²) in [4.78, 5) is 1.80. The lowest BCUT2D eigenvalue weighted by Gasteiger charge is -2.20. The largest absolute Gasteiger partial charge is 0.326 e. The number of nitrogens with two attached hydrogens (primary N) is 1. The Hall–Kier alpha value is -1.02. The Labute approximate surface area is 119 Å². The van der Waals surface area contributed by atoms with Crippen LogP contribution in [0.25, 0.3) is 0 Å². The fraction of sp³-hybridized carbons (Fsp3) is 0.538. The van der Waals surface area contributed by atoms with Crippen molar-refractivity contribution in [2.75, 3.05) is 33.2 Å². The Kier molecular flexibility index (Phi) is 4.74. The highest BCUT2D eigenvalue weighted by Crippen LogP contribution is 2.22. The second-order valence-corrected chi connectivity index (χ2v) is 6.94. The normalized spacial score (nSPS) is 18.9. The first-order valence-corrected chi connectivity index (χ1v) is 8.06. The molecule has 1 saturated heterocycles. The van der Waals surface area contributed by atoms with Crippen molar-refractivity contribution in [2.45, 2.75) is 17.9 Å². The maximum absolute atomic E-state index is 13.9. The zero-order valence-corrected chi connectivity index (χ0v) is 12.4. The molecule has 1 heterocycles. The molecule has 20 heavy (non-hydrogen) atoms. The topological polar surface area (TPSA) is 66.6 Å². The lowest BCUT2D eigenvalue weighted by Crippen LogP contribution is -2.35. The van der Waals surface area contributed by atoms with Crippen LogP contribution in [0.15, 0.2) is 23.1 Å². The van der Waals surface area contributed by atoms with E-state index < -0.39 is 15.8 Å². The minimum atomic E-state index is -3.80. The molecule has 0 bridgehead atoms. The average molecular weight is 301 g/mol. The van der Waals surface area contributed by atoms with Gasteiger partial charge in [0.15, 0.2) is 0 Å². The number of hydrogen-bond acceptors (Lipinski definition) is 4. The summed E-state index contributed by atoms with van der Waals surface area (Å²) in [6.07, 6.45) is 0.744. The fourth-order valence-electron chi connectivity index (χ4n) is 2.27. The van der Waals surface area contributed by atoms with Crippen molar-refractivity contribution >= 4 is 10.0 Å². The van der Waals surface area contributed by atoms with Crippen LogP contribution in [0.3, 0.4) is 0 Å². The summed E-state index contributed by atoms with van der Waals surface area (Å²) in [5.41, 5.74) is 6.10. The molecule has 0 radical (unpaired) electrons. The Morgan fingerprint density at radius 2 is 2.00 bits per heavy atom. The first-order valence-electron chi connectivity index (χ1n) is 6.62. The molecule has 1 aromatic carbocycles. The van der Waals surface area contributed by atoms with Crippen LogP contribution in [0.4, 0.5) is 4.39 Å². The smallest absolute Gasteiger partial charge is 0.246 e. The van der Waals surface area contributed by atoms with Gasteiger partial charge in [-0.2, -0.15) is 4.31 Å². The molecule has 0 saturated carbocycles. The van der Waals surface area contributed by atoms with Crippen LogP contribution in [-0.4, -0.2) is 50.8 Å². The van der Waals surface area contributed by atoms with Crippen molar-refractivity contribution in [3.8, 4) is 0 Å². The number of nitrogens with zero attached hydrogens (tertiary/aromatic N) is 2. The molecule has 1 aliphatic heterocycles. The van der Waals surface area contributed by atoms with Crippen molar-refractivity contribution in [3.63, 3.8) is 0 Å². The second-order valence-electron chi connectivity index (χ2n) is 5.03. The summed E-state index contributed by atoms with van der Waals surface area (Å²) in [7, 11) is -1.85. The van der Waals surface area contributed by atoms with Gasteiger partial charge in [-0.15, -0.1) is 0 Å². The molecule has 1 aliphatic rings. The van der Waals surface area contributed by atoms with E-state index >= 15 is 0 Å². The van der Waals surface area contributed by atoms with E-state index in [9.17, 15) is 12.8 Å². The van der Waals surface area contributed by atoms with Gasteiger partial charge in [-0.1, -0.05) is 6.07 Å². The number of benzene rings is 1. The van der Waals surface area contributed by atoms with Crippen molar-refractivity contribution in [3.05, 3.63) is 29.6 Å². The van der Waals surface area contributed by atoms with E-state index in [0.717, 1.165) is 13.0 Å². The predicted octanol–water partition coefficient (Wildman–Crippen LogP) is 0.611. The molecule has 2 rings (SSSR count). The second kappa shape index (κ2) is 6.17. The molecule has 0 spiro atoms. The Bertz CT molecular complexity index is 577. The van der Waals surface area contributed by atoms with Crippen molar-refractivity contribution in [1.29, 1.82) is 0 Å². The van der Waals surface area contributed by atoms with Crippen LogP contribution in [0.1, 0.15) is 12.0 Å². The van der Waals surface area contributed by atoms with Gasteiger partial charge in [0.1, 0.15) is 10.7 Å². The molecule has 0 aromatic heterocycles. The molecule has 0 unspecified atom stereocenters. The molecule has 5 nitrogen and oxygen atoms in total. The van der Waals surface area contributed by atoms with Crippen LogP contribution in [0, 0.1) is 5.82 Å². The Balaban J connectivity index is 2.34. The van der Waals surface area contributed by atoms with E-state index in [1.165, 1.54) is 22.5 Å². The molecule has 2 N–H and O–H groups in total. The van der Waals surface area contributed by atoms with Gasteiger partial charge in [-0.25, -0.2) is 12.8 Å². The third-order valence-electron chi connectivity index (χ3n) is 3.53. The Morgan fingerprint density at radius 1 is 1.25 bits per heavy atom. The van der Waals surface area contributed by atoms with E-state index in [4.69, 9.17) is 5.73 Å². The van der Waals surface area contributed by atoms with Crippen LogP contribution in [0.2, 0.25) is 0 Å². The van der Waals surface area contributed by atoms with Crippen LogP contribution >= 0.6 is 0 Å². The number of likely N-dealkylation sites (N-methyl/N-ethyl adjacent to an activating group) is 1. The standard InChI is InChI=1S/C13H20FN3O2S/c1-16-5-2-6-17(8-7-16)20(18,19)13-9-11(10-15)3-4-12(13)14/h3-4,9H,2,5-8,10,15H2,1H3. The number of rotatable bonds is 3. The minimum absolute atomic E-state index is 0.186. The average Bonchev–Trinajstić information content (AvgIpc) is 2.64. The highest BCUT2D eigenvalue weighted by Gasteiger charge is 2.28. The lowest BCUT2D eigenvalue weighted by atomic mass is 10.2. The van der Waals surface area contributed by atoms with Gasteiger partial charge in [-0.05, 0) is 37.7 Å². The maximum Gasteiger partial charge on any atom is 0.246 e. The fourth-order valence-corrected chi connectivity index (χ4v) is 3.86. The van der Waals surface area contributed by atoms with Crippen LogP contribution in [0.5, 0.6) is 0 Å². The highest BCUT2D eigenvalue weighted by molar-refractivity contribution is 7.89. The van der Waals surface area contributed by atoms with Gasteiger partial charge in [0.2, 0.25) is 10.0 Å². The van der Waals surface area contributed by atoms with Gasteiger partial charge in [0.25, 0.3) is 0 Å². The van der Waals surface area contributed by atoms with Gasteiger partial charge < -0.3 is 10.6 Å². The Morgan fingerprint density at radius 3 is 2.70 bits per heavy atom. The van der Waals surface area contributed by atoms with Crippen molar-refractivity contribution in [1.82, 2.24) is 9.21 Å². The molecular formula is C13H20FN3O2S. The number of sulfonamides is 1. The van der Waals surface area contributed by atoms with E-state index in [2.05, 4.69) is 4.90 Å². The summed E-state index contributed by atoms with van der Waals surface area (Å²) < 4.78 is 40.4. The zero-order valence-electron chi connectivity index (χ0n) is 11.5. The van der Waals surface area contributed by atoms with Gasteiger partial charge >= 0.3 is 0 Å². The summed E-state index contributed by atoms with van der Waals surface area (Å²) in [5.74, 6) is -0.722. The quantitative estimate of drug-likeness (QED) is 0.888. The summed E-state index contributed by atoms with van der Waals surface area (Å²) in [6, 6.07) is 4.00. The molecule has 1 fully saturated rings. The van der Waals surface area contributed by atoms with E-state index in [-0.39, 0.29) is 11.4 Å². The molecule has 0 atom stereocenters. The van der Waals surface area contributed by atoms with E-state index in [0.29, 0.717) is 25.2 Å². The predicted molar refractivity (Wildman–Crippen MR) is 75.2 cm³/mol.